The summed E-state index contributed by atoms with van der Waals surface area (Å²) < 4.78 is 5.28. The summed E-state index contributed by atoms with van der Waals surface area (Å²) in [4.78, 5) is 33.3. The number of nitrogens with one attached hydrogen (secondary N) is 1. The molecule has 0 bridgehead atoms. The predicted octanol–water partition coefficient (Wildman–Crippen LogP) is 3.35. The Morgan fingerprint density at radius 3 is 2.31 bits per heavy atom. The number of carbonyl (C=O) groups excluding carboxylic acids is 2. The third kappa shape index (κ3) is 7.85. The fourth-order valence-electron chi connectivity index (χ4n) is 4.34. The molecule has 2 aromatic rings. The minimum atomic E-state index is -0.731. The van der Waals surface area contributed by atoms with Gasteiger partial charge in [0.2, 0.25) is 5.91 Å². The van der Waals surface area contributed by atoms with Gasteiger partial charge in [0.05, 0.1) is 11.1 Å². The van der Waals surface area contributed by atoms with Crippen LogP contribution in [0.15, 0.2) is 35.4 Å². The largest absolute Gasteiger partial charge is 0.444 e. The van der Waals surface area contributed by atoms with E-state index in [1.165, 1.54) is 0 Å². The van der Waals surface area contributed by atoms with Gasteiger partial charge in [-0.3, -0.25) is 9.69 Å². The molecule has 39 heavy (non-hydrogen) atoms. The van der Waals surface area contributed by atoms with Gasteiger partial charge in [-0.1, -0.05) is 49.0 Å². The van der Waals surface area contributed by atoms with Gasteiger partial charge in [-0.2, -0.15) is 10.5 Å². The van der Waals surface area contributed by atoms with Crippen molar-refractivity contribution in [3.8, 4) is 12.1 Å². The first-order valence-electron chi connectivity index (χ1n) is 12.9. The van der Waals surface area contributed by atoms with Crippen LogP contribution in [0, 0.1) is 22.7 Å². The number of nitriles is 2. The van der Waals surface area contributed by atoms with E-state index >= 15 is 0 Å². The summed E-state index contributed by atoms with van der Waals surface area (Å²) in [6, 6.07) is 13.6. The zero-order valence-electron chi connectivity index (χ0n) is 22.9. The van der Waals surface area contributed by atoms with Crippen LogP contribution in [0.3, 0.4) is 0 Å². The Morgan fingerprint density at radius 2 is 1.77 bits per heavy atom. The number of nitrogens with zero attached hydrogens (tertiary/aromatic N) is 5. The van der Waals surface area contributed by atoms with E-state index in [1.54, 1.807) is 0 Å². The molecule has 3 N–H and O–H groups in total. The molecular formula is C28H35N7O3S. The number of primary amides is 1. The molecule has 1 fully saturated rings. The Morgan fingerprint density at radius 1 is 1.13 bits per heavy atom. The summed E-state index contributed by atoms with van der Waals surface area (Å²) in [6.45, 7) is 11.1. The summed E-state index contributed by atoms with van der Waals surface area (Å²) in [7, 11) is 0. The molecule has 1 saturated heterocycles. The van der Waals surface area contributed by atoms with Crippen LogP contribution in [0.25, 0.3) is 0 Å². The zero-order chi connectivity index (χ0) is 28.6. The smallest absolute Gasteiger partial charge is 0.407 e. The highest BCUT2D eigenvalue weighted by Gasteiger charge is 2.28. The van der Waals surface area contributed by atoms with Crippen LogP contribution >= 0.6 is 11.8 Å². The number of hydrogen-bond acceptors (Lipinski definition) is 9. The van der Waals surface area contributed by atoms with Gasteiger partial charge in [0.15, 0.2) is 0 Å². The molecule has 1 unspecified atom stereocenters. The minimum absolute atomic E-state index is 0.303. The molecule has 1 atom stereocenters. The summed E-state index contributed by atoms with van der Waals surface area (Å²) in [5, 5.41) is 22.5. The molecule has 1 aromatic heterocycles. The lowest BCUT2D eigenvalue weighted by molar-refractivity contribution is -0.117. The van der Waals surface area contributed by atoms with Crippen molar-refractivity contribution in [1.29, 1.82) is 10.5 Å². The van der Waals surface area contributed by atoms with Crippen molar-refractivity contribution in [3.05, 3.63) is 52.6 Å². The Kier molecular flexibility index (Phi) is 10.2. The molecule has 1 aliphatic rings. The Hall–Kier alpha value is -3.80. The van der Waals surface area contributed by atoms with E-state index in [2.05, 4.69) is 22.4 Å². The molecule has 10 nitrogen and oxygen atoms in total. The first-order chi connectivity index (χ1) is 18.6. The summed E-state index contributed by atoms with van der Waals surface area (Å²) >= 11 is 1.14. The number of thioether (sulfide) groups is 1. The normalized spacial score (nSPS) is 14.7. The number of rotatable bonds is 9. The fraction of sp³-hybridized carbons (Fsp3) is 0.464. The Bertz CT molecular complexity index is 1260. The standard InChI is InChI=1S/C28H35N7O3S/c1-5-20-21(17-29)25(35-15-13-34(14-16-35)12-11-32-27(37)38-28(2,3)4)33-26(22(20)18-30)39-23(24(31)36)19-9-7-6-8-10-19/h6-10,23H,5,11-16H2,1-4H3,(H2,31,36)(H,32,37). The van der Waals surface area contributed by atoms with Gasteiger partial charge in [0, 0.05) is 39.3 Å². The maximum Gasteiger partial charge on any atom is 0.407 e. The Labute approximate surface area is 234 Å². The van der Waals surface area contributed by atoms with Crippen molar-refractivity contribution < 1.29 is 14.3 Å². The number of hydrogen-bond donors (Lipinski definition) is 2. The van der Waals surface area contributed by atoms with Gasteiger partial charge >= 0.3 is 6.09 Å². The van der Waals surface area contributed by atoms with Gasteiger partial charge in [0.1, 0.15) is 33.8 Å². The number of piperazine rings is 1. The van der Waals surface area contributed by atoms with E-state index in [0.717, 1.165) is 17.3 Å². The van der Waals surface area contributed by atoms with Gasteiger partial charge in [-0.15, -0.1) is 0 Å². The number of aromatic nitrogens is 1. The maximum atomic E-state index is 12.4. The summed E-state index contributed by atoms with van der Waals surface area (Å²) in [5.74, 6) is -0.0203. The molecule has 0 spiro atoms. The van der Waals surface area contributed by atoms with E-state index < -0.39 is 22.9 Å². The molecule has 0 radical (unpaired) electrons. The molecule has 1 aromatic carbocycles. The first kappa shape index (κ1) is 29.8. The number of carbonyl (C=O) groups is 2. The summed E-state index contributed by atoms with van der Waals surface area (Å²) in [5.41, 5.74) is 7.23. The van der Waals surface area contributed by atoms with Gasteiger partial charge in [-0.05, 0) is 38.3 Å². The van der Waals surface area contributed by atoms with Gasteiger partial charge in [-0.25, -0.2) is 9.78 Å². The average Bonchev–Trinajstić information content (AvgIpc) is 2.90. The molecule has 2 amide bonds. The summed E-state index contributed by atoms with van der Waals surface area (Å²) in [6.07, 6.45) is 0.0288. The van der Waals surface area contributed by atoms with Gasteiger partial charge < -0.3 is 20.7 Å². The van der Waals surface area contributed by atoms with E-state index in [0.29, 0.717) is 73.2 Å². The predicted molar refractivity (Wildman–Crippen MR) is 150 cm³/mol. The second kappa shape index (κ2) is 13.3. The van der Waals surface area contributed by atoms with Crippen LogP contribution in [-0.2, 0) is 16.0 Å². The minimum Gasteiger partial charge on any atom is -0.444 e. The molecule has 2 heterocycles. The fourth-order valence-corrected chi connectivity index (χ4v) is 5.40. The second-order valence-electron chi connectivity index (χ2n) is 10.1. The van der Waals surface area contributed by atoms with Crippen molar-refractivity contribution in [2.24, 2.45) is 5.73 Å². The third-order valence-electron chi connectivity index (χ3n) is 6.18. The van der Waals surface area contributed by atoms with E-state index in [1.807, 2.05) is 62.9 Å². The molecule has 1 aliphatic heterocycles. The Balaban J connectivity index is 1.79. The van der Waals surface area contributed by atoms with Crippen molar-refractivity contribution in [2.45, 2.75) is 50.0 Å². The van der Waals surface area contributed by atoms with Crippen LogP contribution in [-0.4, -0.2) is 66.8 Å². The maximum absolute atomic E-state index is 12.4. The molecule has 3 rings (SSSR count). The van der Waals surface area contributed by atoms with Crippen molar-refractivity contribution >= 4 is 29.6 Å². The number of ether oxygens (including phenoxy) is 1. The van der Waals surface area contributed by atoms with E-state index in [-0.39, 0.29) is 0 Å². The molecule has 206 valence electrons. The SMILES string of the molecule is CCc1c(C#N)c(SC(C(N)=O)c2ccccc2)nc(N2CCN(CCNC(=O)OC(C)(C)C)CC2)c1C#N. The topological polar surface area (TPSA) is 148 Å². The molecule has 0 aliphatic carbocycles. The zero-order valence-corrected chi connectivity index (χ0v) is 23.7. The lowest BCUT2D eigenvalue weighted by atomic mass is 10.0. The quantitative estimate of drug-likeness (QED) is 0.449. The number of benzene rings is 1. The highest BCUT2D eigenvalue weighted by Crippen LogP contribution is 2.39. The highest BCUT2D eigenvalue weighted by atomic mass is 32.2. The number of pyridine rings is 1. The van der Waals surface area contributed by atoms with Crippen molar-refractivity contribution in [3.63, 3.8) is 0 Å². The van der Waals surface area contributed by atoms with Crippen molar-refractivity contribution in [1.82, 2.24) is 15.2 Å². The van der Waals surface area contributed by atoms with Gasteiger partial charge in [0.25, 0.3) is 0 Å². The van der Waals surface area contributed by atoms with E-state index in [4.69, 9.17) is 15.5 Å². The third-order valence-corrected chi connectivity index (χ3v) is 7.44. The lowest BCUT2D eigenvalue weighted by Gasteiger charge is -2.36. The average molecular weight is 550 g/mol. The van der Waals surface area contributed by atoms with Crippen LogP contribution in [0.4, 0.5) is 10.6 Å². The second-order valence-corrected chi connectivity index (χ2v) is 11.2. The van der Waals surface area contributed by atoms with Crippen LogP contribution in [0.2, 0.25) is 0 Å². The molecular weight excluding hydrogens is 514 g/mol. The number of alkyl carbamates (subject to hydrolysis) is 1. The van der Waals surface area contributed by atoms with E-state index in [9.17, 15) is 20.1 Å². The van der Waals surface area contributed by atoms with Crippen LogP contribution in [0.5, 0.6) is 0 Å². The lowest BCUT2D eigenvalue weighted by Crippen LogP contribution is -2.49. The van der Waals surface area contributed by atoms with Crippen molar-refractivity contribution in [2.75, 3.05) is 44.2 Å². The first-order valence-corrected chi connectivity index (χ1v) is 13.8. The highest BCUT2D eigenvalue weighted by molar-refractivity contribution is 8.00. The van der Waals surface area contributed by atoms with Crippen LogP contribution in [0.1, 0.15) is 55.2 Å². The number of nitrogens with two attached hydrogens (primary N) is 1. The number of amides is 2. The van der Waals surface area contributed by atoms with Crippen LogP contribution < -0.4 is 16.0 Å². The molecule has 0 saturated carbocycles. The molecule has 11 heteroatoms. The monoisotopic (exact) mass is 549 g/mol. The number of anilines is 1.